The molecule has 3 rings (SSSR count). The number of rotatable bonds is 2. The molecule has 0 spiro atoms. The molecule has 1 aromatic rings. The number of piperazine rings is 1. The van der Waals surface area contributed by atoms with Crippen molar-refractivity contribution in [2.75, 3.05) is 32.7 Å². The number of hydrogen-bond donors (Lipinski definition) is 1. The Balaban J connectivity index is 1.95. The van der Waals surface area contributed by atoms with Gasteiger partial charge in [0.25, 0.3) is 0 Å². The van der Waals surface area contributed by atoms with E-state index in [2.05, 4.69) is 10.2 Å². The van der Waals surface area contributed by atoms with Crippen LogP contribution in [0.4, 0.5) is 4.39 Å². The Morgan fingerprint density at radius 1 is 1.26 bits per heavy atom. The lowest BCUT2D eigenvalue weighted by atomic mass is 10.1. The molecule has 0 aromatic heterocycles. The third kappa shape index (κ3) is 2.31. The number of hydrogen-bond acceptors (Lipinski definition) is 4. The van der Waals surface area contributed by atoms with Crippen LogP contribution >= 0.6 is 0 Å². The van der Waals surface area contributed by atoms with Gasteiger partial charge in [-0.05, 0) is 17.7 Å². The molecule has 0 radical (unpaired) electrons. The molecule has 0 amide bonds. The van der Waals surface area contributed by atoms with Gasteiger partial charge in [0.15, 0.2) is 0 Å². The van der Waals surface area contributed by atoms with E-state index >= 15 is 0 Å². The normalized spacial score (nSPS) is 22.1. The number of halogens is 1. The summed E-state index contributed by atoms with van der Waals surface area (Å²) in [6.07, 6.45) is 0. The van der Waals surface area contributed by atoms with Crippen molar-refractivity contribution in [1.29, 1.82) is 0 Å². The molecule has 6 heteroatoms. The van der Waals surface area contributed by atoms with Gasteiger partial charge in [-0.15, -0.1) is 0 Å². The first-order chi connectivity index (χ1) is 9.08. The van der Waals surface area contributed by atoms with Crippen molar-refractivity contribution >= 4 is 15.4 Å². The van der Waals surface area contributed by atoms with Crippen molar-refractivity contribution in [3.63, 3.8) is 0 Å². The van der Waals surface area contributed by atoms with Crippen molar-refractivity contribution in [2.24, 2.45) is 0 Å². The number of nitrogens with zero attached hydrogens (tertiary/aromatic N) is 1. The SMILES string of the molecule is O=S1(=O)C=C(CN2CCNCC2)c2c(F)cccc21. The molecule has 1 aromatic carbocycles. The van der Waals surface area contributed by atoms with E-state index in [1.54, 1.807) is 0 Å². The van der Waals surface area contributed by atoms with Crippen molar-refractivity contribution in [3.05, 3.63) is 35.0 Å². The van der Waals surface area contributed by atoms with Gasteiger partial charge in [-0.3, -0.25) is 4.90 Å². The van der Waals surface area contributed by atoms with E-state index in [1.165, 1.54) is 23.6 Å². The summed E-state index contributed by atoms with van der Waals surface area (Å²) in [5, 5.41) is 4.44. The first-order valence-corrected chi connectivity index (χ1v) is 7.80. The van der Waals surface area contributed by atoms with E-state index in [1.807, 2.05) is 0 Å². The molecule has 1 N–H and O–H groups in total. The number of fused-ring (bicyclic) bond motifs is 1. The van der Waals surface area contributed by atoms with Crippen LogP contribution in [0.2, 0.25) is 0 Å². The Hall–Kier alpha value is -1.24. The smallest absolute Gasteiger partial charge is 0.200 e. The van der Waals surface area contributed by atoms with Gasteiger partial charge in [-0.1, -0.05) is 6.07 Å². The van der Waals surface area contributed by atoms with Gasteiger partial charge in [0.2, 0.25) is 9.84 Å². The molecule has 0 saturated carbocycles. The highest BCUT2D eigenvalue weighted by molar-refractivity contribution is 7.95. The van der Waals surface area contributed by atoms with Gasteiger partial charge in [-0.2, -0.15) is 0 Å². The Bertz CT molecular complexity index is 634. The fourth-order valence-electron chi connectivity index (χ4n) is 2.59. The van der Waals surface area contributed by atoms with E-state index in [-0.39, 0.29) is 10.5 Å². The van der Waals surface area contributed by atoms with Crippen LogP contribution in [0.1, 0.15) is 5.56 Å². The second-order valence-corrected chi connectivity index (χ2v) is 6.59. The Morgan fingerprint density at radius 2 is 2.00 bits per heavy atom. The van der Waals surface area contributed by atoms with E-state index in [0.29, 0.717) is 12.1 Å². The summed E-state index contributed by atoms with van der Waals surface area (Å²) in [6, 6.07) is 4.22. The summed E-state index contributed by atoms with van der Waals surface area (Å²) in [4.78, 5) is 2.23. The molecule has 1 saturated heterocycles. The van der Waals surface area contributed by atoms with Gasteiger partial charge in [0.1, 0.15) is 5.82 Å². The molecule has 2 aliphatic rings. The Morgan fingerprint density at radius 3 is 2.74 bits per heavy atom. The molecular formula is C13H15FN2O2S. The van der Waals surface area contributed by atoms with Crippen LogP contribution in [0.15, 0.2) is 28.5 Å². The number of benzene rings is 1. The predicted molar refractivity (Wildman–Crippen MR) is 70.9 cm³/mol. The fourth-order valence-corrected chi connectivity index (χ4v) is 4.06. The molecule has 2 heterocycles. The van der Waals surface area contributed by atoms with Crippen molar-refractivity contribution in [2.45, 2.75) is 4.90 Å². The molecule has 19 heavy (non-hydrogen) atoms. The van der Waals surface area contributed by atoms with Gasteiger partial charge in [0, 0.05) is 43.7 Å². The molecule has 0 aliphatic carbocycles. The molecule has 0 bridgehead atoms. The van der Waals surface area contributed by atoms with Gasteiger partial charge >= 0.3 is 0 Å². The minimum absolute atomic E-state index is 0.0950. The van der Waals surface area contributed by atoms with E-state index < -0.39 is 15.7 Å². The van der Waals surface area contributed by atoms with Gasteiger partial charge in [0.05, 0.1) is 4.90 Å². The quantitative estimate of drug-likeness (QED) is 0.874. The minimum Gasteiger partial charge on any atom is -0.314 e. The zero-order valence-electron chi connectivity index (χ0n) is 10.4. The third-order valence-electron chi connectivity index (χ3n) is 3.50. The second-order valence-electron chi connectivity index (χ2n) is 4.83. The Labute approximate surface area is 111 Å². The lowest BCUT2D eigenvalue weighted by molar-refractivity contribution is 0.268. The third-order valence-corrected chi connectivity index (χ3v) is 5.05. The van der Waals surface area contributed by atoms with Crippen LogP contribution in [-0.2, 0) is 9.84 Å². The minimum atomic E-state index is -3.47. The maximum absolute atomic E-state index is 13.9. The number of nitrogens with one attached hydrogen (secondary N) is 1. The fraction of sp³-hybridized carbons (Fsp3) is 0.385. The average Bonchev–Trinajstić information content (AvgIpc) is 2.63. The maximum Gasteiger partial charge on any atom is 0.200 e. The van der Waals surface area contributed by atoms with Crippen LogP contribution in [0.5, 0.6) is 0 Å². The first-order valence-electron chi connectivity index (χ1n) is 6.25. The van der Waals surface area contributed by atoms with Crippen molar-refractivity contribution in [1.82, 2.24) is 10.2 Å². The molecular weight excluding hydrogens is 267 g/mol. The predicted octanol–water partition coefficient (Wildman–Crippen LogP) is 0.859. The average molecular weight is 282 g/mol. The molecule has 102 valence electrons. The molecule has 1 fully saturated rings. The van der Waals surface area contributed by atoms with Crippen LogP contribution in [0.25, 0.3) is 5.57 Å². The largest absolute Gasteiger partial charge is 0.314 e. The lowest BCUT2D eigenvalue weighted by Gasteiger charge is -2.27. The van der Waals surface area contributed by atoms with Crippen LogP contribution < -0.4 is 5.32 Å². The molecule has 0 unspecified atom stereocenters. The zero-order chi connectivity index (χ0) is 13.5. The molecule has 4 nitrogen and oxygen atoms in total. The lowest BCUT2D eigenvalue weighted by Crippen LogP contribution is -2.43. The Kier molecular flexibility index (Phi) is 3.16. The zero-order valence-corrected chi connectivity index (χ0v) is 11.2. The van der Waals surface area contributed by atoms with Gasteiger partial charge < -0.3 is 5.32 Å². The maximum atomic E-state index is 13.9. The van der Waals surface area contributed by atoms with E-state index in [4.69, 9.17) is 0 Å². The standard InChI is InChI=1S/C13H15FN2O2S/c14-11-2-1-3-12-13(11)10(9-19(12,17)18)8-16-6-4-15-5-7-16/h1-3,9,15H,4-8H2. The van der Waals surface area contributed by atoms with Crippen LogP contribution in [0.3, 0.4) is 0 Å². The summed E-state index contributed by atoms with van der Waals surface area (Å²) in [7, 11) is -3.47. The first kappa shape index (κ1) is 12.8. The highest BCUT2D eigenvalue weighted by Crippen LogP contribution is 2.35. The molecule has 0 atom stereocenters. The summed E-state index contributed by atoms with van der Waals surface area (Å²) in [5.41, 5.74) is 0.816. The topological polar surface area (TPSA) is 49.4 Å². The summed E-state index contributed by atoms with van der Waals surface area (Å²) in [6.45, 7) is 3.94. The van der Waals surface area contributed by atoms with E-state index in [0.717, 1.165) is 26.2 Å². The summed E-state index contributed by atoms with van der Waals surface area (Å²) < 4.78 is 37.9. The number of sulfone groups is 1. The summed E-state index contributed by atoms with van der Waals surface area (Å²) >= 11 is 0. The van der Waals surface area contributed by atoms with Crippen LogP contribution in [-0.4, -0.2) is 46.0 Å². The highest BCUT2D eigenvalue weighted by atomic mass is 32.2. The molecule has 2 aliphatic heterocycles. The monoisotopic (exact) mass is 282 g/mol. The van der Waals surface area contributed by atoms with Crippen molar-refractivity contribution < 1.29 is 12.8 Å². The summed E-state index contributed by atoms with van der Waals surface area (Å²) in [5.74, 6) is -0.458. The second kappa shape index (κ2) is 4.70. The highest BCUT2D eigenvalue weighted by Gasteiger charge is 2.30. The van der Waals surface area contributed by atoms with Crippen LogP contribution in [0, 0.1) is 5.82 Å². The van der Waals surface area contributed by atoms with Gasteiger partial charge in [-0.25, -0.2) is 12.8 Å². The van der Waals surface area contributed by atoms with Crippen molar-refractivity contribution in [3.8, 4) is 0 Å². The van der Waals surface area contributed by atoms with E-state index in [9.17, 15) is 12.8 Å².